The summed E-state index contributed by atoms with van der Waals surface area (Å²) in [7, 11) is 1.77. The van der Waals surface area contributed by atoms with Gasteiger partial charge in [0.15, 0.2) is 6.10 Å². The molecule has 2 unspecified atom stereocenters. The third kappa shape index (κ3) is 4.54. The minimum absolute atomic E-state index is 0.114. The van der Waals surface area contributed by atoms with E-state index < -0.39 is 6.10 Å². The molecule has 3 rings (SSSR count). The number of likely N-dealkylation sites (N-methyl/N-ethyl adjacent to an activating group) is 1. The molecule has 0 N–H and O–H groups in total. The van der Waals surface area contributed by atoms with E-state index >= 15 is 0 Å². The molecule has 0 bridgehead atoms. The highest BCUT2D eigenvalue weighted by Crippen LogP contribution is 2.29. The summed E-state index contributed by atoms with van der Waals surface area (Å²) in [6.45, 7) is 3.72. The highest BCUT2D eigenvalue weighted by molar-refractivity contribution is 9.10. The number of carbonyl (C=O) groups is 1. The molecule has 2 aromatic carbocycles. The Morgan fingerprint density at radius 3 is 2.54 bits per heavy atom. The van der Waals surface area contributed by atoms with Gasteiger partial charge in [-0.25, -0.2) is 9.67 Å². The molecule has 1 aromatic heterocycles. The SMILES string of the molecule is CC(Oc1ccc(Cl)cc1Br)C(=O)N(C)C(C)c1ccc(-n2cncn2)cc1. The number of aromatic nitrogens is 3. The first-order valence-electron chi connectivity index (χ1n) is 8.70. The van der Waals surface area contributed by atoms with Crippen molar-refractivity contribution in [2.24, 2.45) is 0 Å². The highest BCUT2D eigenvalue weighted by Gasteiger charge is 2.24. The van der Waals surface area contributed by atoms with E-state index in [4.69, 9.17) is 16.3 Å². The highest BCUT2D eigenvalue weighted by atomic mass is 79.9. The van der Waals surface area contributed by atoms with Crippen LogP contribution in [-0.4, -0.2) is 38.7 Å². The molecule has 3 aromatic rings. The molecule has 0 saturated carbocycles. The van der Waals surface area contributed by atoms with Gasteiger partial charge >= 0.3 is 0 Å². The second kappa shape index (κ2) is 8.75. The summed E-state index contributed by atoms with van der Waals surface area (Å²) in [5, 5.41) is 4.71. The van der Waals surface area contributed by atoms with Crippen LogP contribution in [0.4, 0.5) is 0 Å². The Bertz CT molecular complexity index is 947. The lowest BCUT2D eigenvalue weighted by Crippen LogP contribution is -2.39. The Kier molecular flexibility index (Phi) is 6.36. The van der Waals surface area contributed by atoms with Gasteiger partial charge in [-0.05, 0) is 65.7 Å². The third-order valence-electron chi connectivity index (χ3n) is 4.53. The molecule has 28 heavy (non-hydrogen) atoms. The van der Waals surface area contributed by atoms with E-state index in [1.54, 1.807) is 48.1 Å². The number of rotatable bonds is 6. The van der Waals surface area contributed by atoms with Crippen molar-refractivity contribution >= 4 is 33.4 Å². The lowest BCUT2D eigenvalue weighted by atomic mass is 10.1. The maximum atomic E-state index is 12.8. The number of hydrogen-bond donors (Lipinski definition) is 0. The predicted octanol–water partition coefficient (Wildman–Crippen LogP) is 4.67. The molecule has 0 fully saturated rings. The second-order valence-corrected chi connectivity index (χ2v) is 7.68. The van der Waals surface area contributed by atoms with Crippen LogP contribution in [0.1, 0.15) is 25.5 Å². The van der Waals surface area contributed by atoms with Crippen molar-refractivity contribution in [2.45, 2.75) is 26.0 Å². The van der Waals surface area contributed by atoms with Crippen molar-refractivity contribution < 1.29 is 9.53 Å². The van der Waals surface area contributed by atoms with Gasteiger partial charge < -0.3 is 9.64 Å². The molecule has 1 amide bonds. The van der Waals surface area contributed by atoms with Gasteiger partial charge in [0, 0.05) is 12.1 Å². The molecular formula is C20H20BrClN4O2. The Hall–Kier alpha value is -2.38. The lowest BCUT2D eigenvalue weighted by Gasteiger charge is -2.28. The van der Waals surface area contributed by atoms with Crippen molar-refractivity contribution in [1.82, 2.24) is 19.7 Å². The Labute approximate surface area is 177 Å². The van der Waals surface area contributed by atoms with Gasteiger partial charge in [0.2, 0.25) is 0 Å². The monoisotopic (exact) mass is 462 g/mol. The van der Waals surface area contributed by atoms with Crippen LogP contribution in [0.2, 0.25) is 5.02 Å². The van der Waals surface area contributed by atoms with Gasteiger partial charge in [0.1, 0.15) is 18.4 Å². The van der Waals surface area contributed by atoms with Gasteiger partial charge in [0.25, 0.3) is 5.91 Å². The standard InChI is InChI=1S/C20H20BrClN4O2/c1-13(15-4-7-17(8-5-15)26-12-23-11-24-26)25(3)20(27)14(2)28-19-9-6-16(22)10-18(19)21/h4-14H,1-3H3. The van der Waals surface area contributed by atoms with Gasteiger partial charge in [-0.15, -0.1) is 0 Å². The first-order valence-corrected chi connectivity index (χ1v) is 9.87. The fraction of sp³-hybridized carbons (Fsp3) is 0.250. The van der Waals surface area contributed by atoms with E-state index in [0.717, 1.165) is 11.3 Å². The number of amides is 1. The van der Waals surface area contributed by atoms with Gasteiger partial charge in [-0.3, -0.25) is 4.79 Å². The van der Waals surface area contributed by atoms with Crippen molar-refractivity contribution in [3.63, 3.8) is 0 Å². The first kappa shape index (κ1) is 20.4. The zero-order valence-corrected chi connectivity index (χ0v) is 18.1. The Morgan fingerprint density at radius 1 is 1.21 bits per heavy atom. The van der Waals surface area contributed by atoms with Crippen LogP contribution in [0.5, 0.6) is 5.75 Å². The minimum atomic E-state index is -0.639. The molecular weight excluding hydrogens is 444 g/mol. The second-order valence-electron chi connectivity index (χ2n) is 6.39. The molecule has 0 radical (unpaired) electrons. The molecule has 0 aliphatic heterocycles. The van der Waals surface area contributed by atoms with E-state index in [2.05, 4.69) is 26.0 Å². The fourth-order valence-corrected chi connectivity index (χ4v) is 3.54. The number of nitrogens with zero attached hydrogens (tertiary/aromatic N) is 4. The summed E-state index contributed by atoms with van der Waals surface area (Å²) in [6.07, 6.45) is 2.49. The van der Waals surface area contributed by atoms with E-state index in [9.17, 15) is 4.79 Å². The maximum absolute atomic E-state index is 12.8. The van der Waals surface area contributed by atoms with Crippen molar-refractivity contribution in [2.75, 3.05) is 7.05 Å². The van der Waals surface area contributed by atoms with Crippen LogP contribution in [0.3, 0.4) is 0 Å². The lowest BCUT2D eigenvalue weighted by molar-refractivity contribution is -0.138. The fourth-order valence-electron chi connectivity index (χ4n) is 2.76. The van der Waals surface area contributed by atoms with Crippen LogP contribution in [-0.2, 0) is 4.79 Å². The number of halogens is 2. The van der Waals surface area contributed by atoms with E-state index in [1.165, 1.54) is 6.33 Å². The van der Waals surface area contributed by atoms with Gasteiger partial charge in [-0.1, -0.05) is 23.7 Å². The van der Waals surface area contributed by atoms with Crippen molar-refractivity contribution in [3.8, 4) is 11.4 Å². The minimum Gasteiger partial charge on any atom is -0.480 e. The Balaban J connectivity index is 1.67. The Morgan fingerprint density at radius 2 is 1.93 bits per heavy atom. The largest absolute Gasteiger partial charge is 0.480 e. The average molecular weight is 464 g/mol. The van der Waals surface area contributed by atoms with E-state index in [1.807, 2.05) is 31.2 Å². The zero-order valence-electron chi connectivity index (χ0n) is 15.7. The van der Waals surface area contributed by atoms with Crippen LogP contribution in [0.15, 0.2) is 59.6 Å². The summed E-state index contributed by atoms with van der Waals surface area (Å²) < 4.78 is 8.21. The molecule has 146 valence electrons. The summed E-state index contributed by atoms with van der Waals surface area (Å²) in [6, 6.07) is 12.9. The number of carbonyl (C=O) groups excluding carboxylic acids is 1. The van der Waals surface area contributed by atoms with Gasteiger partial charge in [-0.2, -0.15) is 5.10 Å². The normalized spacial score (nSPS) is 13.0. The average Bonchev–Trinajstić information content (AvgIpc) is 3.23. The maximum Gasteiger partial charge on any atom is 0.263 e. The van der Waals surface area contributed by atoms with Gasteiger partial charge in [0.05, 0.1) is 16.2 Å². The molecule has 1 heterocycles. The van der Waals surface area contributed by atoms with E-state index in [-0.39, 0.29) is 11.9 Å². The number of ether oxygens (including phenoxy) is 1. The summed E-state index contributed by atoms with van der Waals surface area (Å²) in [5.74, 6) is 0.457. The van der Waals surface area contributed by atoms with Crippen molar-refractivity contribution in [1.29, 1.82) is 0 Å². The molecule has 0 saturated heterocycles. The topological polar surface area (TPSA) is 60.2 Å². The number of benzene rings is 2. The van der Waals surface area contributed by atoms with Crippen LogP contribution < -0.4 is 4.74 Å². The molecule has 0 aliphatic carbocycles. The van der Waals surface area contributed by atoms with Crippen LogP contribution in [0, 0.1) is 0 Å². The molecule has 0 aliphatic rings. The summed E-state index contributed by atoms with van der Waals surface area (Å²) in [5.41, 5.74) is 1.92. The molecule has 2 atom stereocenters. The molecule has 0 spiro atoms. The molecule has 6 nitrogen and oxygen atoms in total. The third-order valence-corrected chi connectivity index (χ3v) is 5.39. The smallest absolute Gasteiger partial charge is 0.263 e. The quantitative estimate of drug-likeness (QED) is 0.533. The van der Waals surface area contributed by atoms with E-state index in [0.29, 0.717) is 15.2 Å². The van der Waals surface area contributed by atoms with Crippen LogP contribution in [0.25, 0.3) is 5.69 Å². The summed E-state index contributed by atoms with van der Waals surface area (Å²) >= 11 is 9.35. The zero-order chi connectivity index (χ0) is 20.3. The molecule has 8 heteroatoms. The number of hydrogen-bond acceptors (Lipinski definition) is 4. The first-order chi connectivity index (χ1) is 13.4. The van der Waals surface area contributed by atoms with Crippen LogP contribution >= 0.6 is 27.5 Å². The summed E-state index contributed by atoms with van der Waals surface area (Å²) in [4.78, 5) is 18.5. The predicted molar refractivity (Wildman–Crippen MR) is 112 cm³/mol. The van der Waals surface area contributed by atoms with Crippen molar-refractivity contribution in [3.05, 3.63) is 70.2 Å².